The zero-order valence-electron chi connectivity index (χ0n) is 11.6. The van der Waals surface area contributed by atoms with E-state index in [0.29, 0.717) is 11.8 Å². The van der Waals surface area contributed by atoms with Gasteiger partial charge < -0.3 is 5.11 Å². The minimum Gasteiger partial charge on any atom is -0.481 e. The Morgan fingerprint density at radius 3 is 2.53 bits per heavy atom. The second-order valence-corrected chi connectivity index (χ2v) is 5.84. The fourth-order valence-corrected chi connectivity index (χ4v) is 3.57. The predicted molar refractivity (Wildman–Crippen MR) is 70.9 cm³/mol. The van der Waals surface area contributed by atoms with Gasteiger partial charge in [-0.15, -0.1) is 0 Å². The second-order valence-electron chi connectivity index (χ2n) is 5.84. The van der Waals surface area contributed by atoms with Crippen LogP contribution in [0.1, 0.15) is 65.7 Å². The third kappa shape index (κ3) is 4.01. The van der Waals surface area contributed by atoms with E-state index in [1.54, 1.807) is 0 Å². The fraction of sp³-hybridized carbons (Fsp3) is 0.933. The van der Waals surface area contributed by atoms with Crippen molar-refractivity contribution in [1.82, 2.24) is 0 Å². The minimum atomic E-state index is -0.562. The van der Waals surface area contributed by atoms with Crippen molar-refractivity contribution in [3.8, 4) is 0 Å². The van der Waals surface area contributed by atoms with Gasteiger partial charge in [-0.2, -0.15) is 0 Å². The van der Waals surface area contributed by atoms with E-state index in [-0.39, 0.29) is 5.92 Å². The molecule has 0 aliphatic heterocycles. The maximum absolute atomic E-state index is 11.3. The van der Waals surface area contributed by atoms with Gasteiger partial charge in [-0.05, 0) is 37.0 Å². The molecule has 0 heterocycles. The van der Waals surface area contributed by atoms with Gasteiger partial charge >= 0.3 is 5.97 Å². The van der Waals surface area contributed by atoms with Gasteiger partial charge in [0.05, 0.1) is 5.92 Å². The Balaban J connectivity index is 2.65. The SMILES string of the molecule is CCCC1CCC(C(=O)O)C(C(C)CCC)C1. The van der Waals surface area contributed by atoms with E-state index in [4.69, 9.17) is 0 Å². The third-order valence-corrected chi connectivity index (χ3v) is 4.50. The minimum absolute atomic E-state index is 0.0790. The molecule has 4 unspecified atom stereocenters. The summed E-state index contributed by atoms with van der Waals surface area (Å²) < 4.78 is 0. The summed E-state index contributed by atoms with van der Waals surface area (Å²) in [6.45, 7) is 6.67. The van der Waals surface area contributed by atoms with Crippen molar-refractivity contribution in [3.63, 3.8) is 0 Å². The Morgan fingerprint density at radius 1 is 1.29 bits per heavy atom. The van der Waals surface area contributed by atoms with Crippen LogP contribution in [0.15, 0.2) is 0 Å². The molecule has 1 aliphatic carbocycles. The summed E-state index contributed by atoms with van der Waals surface area (Å²) in [5.74, 6) is 1.12. The van der Waals surface area contributed by atoms with E-state index < -0.39 is 5.97 Å². The number of carboxylic acid groups (broad SMARTS) is 1. The molecule has 4 atom stereocenters. The molecule has 1 N–H and O–H groups in total. The van der Waals surface area contributed by atoms with Crippen molar-refractivity contribution in [3.05, 3.63) is 0 Å². The highest BCUT2D eigenvalue weighted by Gasteiger charge is 2.37. The van der Waals surface area contributed by atoms with Gasteiger partial charge in [0, 0.05) is 0 Å². The predicted octanol–water partition coefficient (Wildman–Crippen LogP) is 4.34. The van der Waals surface area contributed by atoms with Crippen LogP contribution in [-0.4, -0.2) is 11.1 Å². The monoisotopic (exact) mass is 240 g/mol. The Bertz CT molecular complexity index is 237. The lowest BCUT2D eigenvalue weighted by Gasteiger charge is -2.37. The first kappa shape index (κ1) is 14.5. The molecule has 0 amide bonds. The van der Waals surface area contributed by atoms with E-state index >= 15 is 0 Å². The Hall–Kier alpha value is -0.530. The molecular formula is C15H28O2. The molecule has 1 aliphatic rings. The summed E-state index contributed by atoms with van der Waals surface area (Å²) in [4.78, 5) is 11.3. The first-order valence-electron chi connectivity index (χ1n) is 7.32. The van der Waals surface area contributed by atoms with Gasteiger partial charge in [-0.1, -0.05) is 46.5 Å². The third-order valence-electron chi connectivity index (χ3n) is 4.50. The fourth-order valence-electron chi connectivity index (χ4n) is 3.57. The first-order valence-corrected chi connectivity index (χ1v) is 7.32. The standard InChI is InChI=1S/C15H28O2/c1-4-6-11(3)14-10-12(7-5-2)8-9-13(14)15(16)17/h11-14H,4-10H2,1-3H3,(H,16,17). The van der Waals surface area contributed by atoms with E-state index in [0.717, 1.165) is 25.2 Å². The van der Waals surface area contributed by atoms with Crippen LogP contribution in [0.5, 0.6) is 0 Å². The molecule has 2 nitrogen and oxygen atoms in total. The van der Waals surface area contributed by atoms with Crippen LogP contribution in [0.3, 0.4) is 0 Å². The van der Waals surface area contributed by atoms with Gasteiger partial charge in [0.1, 0.15) is 0 Å². The van der Waals surface area contributed by atoms with Crippen molar-refractivity contribution >= 4 is 5.97 Å². The molecule has 1 fully saturated rings. The number of aliphatic carboxylic acids is 1. The van der Waals surface area contributed by atoms with Gasteiger partial charge in [0.2, 0.25) is 0 Å². The normalized spacial score (nSPS) is 31.1. The highest BCUT2D eigenvalue weighted by atomic mass is 16.4. The highest BCUT2D eigenvalue weighted by Crippen LogP contribution is 2.41. The van der Waals surface area contributed by atoms with E-state index in [1.165, 1.54) is 25.7 Å². The maximum Gasteiger partial charge on any atom is 0.306 e. The molecule has 0 bridgehead atoms. The first-order chi connectivity index (χ1) is 8.10. The number of carboxylic acids is 1. The smallest absolute Gasteiger partial charge is 0.306 e. The summed E-state index contributed by atoms with van der Waals surface area (Å²) >= 11 is 0. The molecule has 2 heteroatoms. The molecule has 17 heavy (non-hydrogen) atoms. The summed E-state index contributed by atoms with van der Waals surface area (Å²) in [6, 6.07) is 0. The molecule has 100 valence electrons. The number of rotatable bonds is 6. The van der Waals surface area contributed by atoms with Crippen molar-refractivity contribution < 1.29 is 9.90 Å². The Labute approximate surface area is 106 Å². The topological polar surface area (TPSA) is 37.3 Å². The van der Waals surface area contributed by atoms with Crippen molar-refractivity contribution in [2.75, 3.05) is 0 Å². The van der Waals surface area contributed by atoms with Gasteiger partial charge in [0.25, 0.3) is 0 Å². The van der Waals surface area contributed by atoms with Gasteiger partial charge in [-0.3, -0.25) is 4.79 Å². The molecule has 0 radical (unpaired) electrons. The number of hydrogen-bond acceptors (Lipinski definition) is 1. The molecule has 0 spiro atoms. The molecule has 0 aromatic heterocycles. The summed E-state index contributed by atoms with van der Waals surface area (Å²) in [5.41, 5.74) is 0. The number of carbonyl (C=O) groups is 1. The second kappa shape index (κ2) is 7.03. The van der Waals surface area contributed by atoms with Crippen molar-refractivity contribution in [1.29, 1.82) is 0 Å². The number of hydrogen-bond donors (Lipinski definition) is 1. The van der Waals surface area contributed by atoms with Crippen LogP contribution in [-0.2, 0) is 4.79 Å². The van der Waals surface area contributed by atoms with E-state index in [9.17, 15) is 9.90 Å². The van der Waals surface area contributed by atoms with Crippen LogP contribution in [0, 0.1) is 23.7 Å². The lowest BCUT2D eigenvalue weighted by molar-refractivity contribution is -0.146. The van der Waals surface area contributed by atoms with Crippen LogP contribution in [0.2, 0.25) is 0 Å². The Kier molecular flexibility index (Phi) is 6.01. The summed E-state index contributed by atoms with van der Waals surface area (Å²) in [7, 11) is 0. The van der Waals surface area contributed by atoms with Crippen LogP contribution < -0.4 is 0 Å². The lowest BCUT2D eigenvalue weighted by Crippen LogP contribution is -2.34. The summed E-state index contributed by atoms with van der Waals surface area (Å²) in [5, 5.41) is 9.34. The quantitative estimate of drug-likeness (QED) is 0.750. The van der Waals surface area contributed by atoms with Crippen LogP contribution >= 0.6 is 0 Å². The largest absolute Gasteiger partial charge is 0.481 e. The molecule has 0 saturated heterocycles. The van der Waals surface area contributed by atoms with Crippen molar-refractivity contribution in [2.45, 2.75) is 65.7 Å². The lowest BCUT2D eigenvalue weighted by atomic mass is 9.67. The average molecular weight is 240 g/mol. The molecule has 1 rings (SSSR count). The molecule has 0 aromatic carbocycles. The Morgan fingerprint density at radius 2 is 2.00 bits per heavy atom. The van der Waals surface area contributed by atoms with Crippen LogP contribution in [0.25, 0.3) is 0 Å². The van der Waals surface area contributed by atoms with Gasteiger partial charge in [0.15, 0.2) is 0 Å². The molecule has 1 saturated carbocycles. The highest BCUT2D eigenvalue weighted by molar-refractivity contribution is 5.70. The van der Waals surface area contributed by atoms with E-state index in [1.807, 2.05) is 0 Å². The molecule has 0 aromatic rings. The van der Waals surface area contributed by atoms with E-state index in [2.05, 4.69) is 20.8 Å². The van der Waals surface area contributed by atoms with Gasteiger partial charge in [-0.25, -0.2) is 0 Å². The van der Waals surface area contributed by atoms with Crippen LogP contribution in [0.4, 0.5) is 0 Å². The average Bonchev–Trinajstić information content (AvgIpc) is 2.29. The summed E-state index contributed by atoms with van der Waals surface area (Å²) in [6.07, 6.45) is 8.03. The van der Waals surface area contributed by atoms with Crippen molar-refractivity contribution in [2.24, 2.45) is 23.7 Å². The zero-order valence-corrected chi connectivity index (χ0v) is 11.6. The molecular weight excluding hydrogens is 212 g/mol. The zero-order chi connectivity index (χ0) is 12.8. The maximum atomic E-state index is 11.3.